The van der Waals surface area contributed by atoms with Crippen LogP contribution in [-0.4, -0.2) is 65.1 Å². The molecular formula is C18H34N6. The number of imidazole rings is 1. The van der Waals surface area contributed by atoms with Crippen molar-refractivity contribution in [3.63, 3.8) is 0 Å². The van der Waals surface area contributed by atoms with E-state index >= 15 is 0 Å². The molecule has 1 aliphatic rings. The van der Waals surface area contributed by atoms with E-state index in [1.54, 1.807) is 0 Å². The van der Waals surface area contributed by atoms with Gasteiger partial charge in [-0.05, 0) is 31.8 Å². The van der Waals surface area contributed by atoms with Crippen molar-refractivity contribution < 1.29 is 0 Å². The molecule has 0 saturated carbocycles. The number of guanidine groups is 1. The topological polar surface area (TPSA) is 48.7 Å². The van der Waals surface area contributed by atoms with Crippen molar-refractivity contribution in [1.29, 1.82) is 0 Å². The summed E-state index contributed by atoms with van der Waals surface area (Å²) in [6.07, 6.45) is 6.53. The molecule has 1 fully saturated rings. The first kappa shape index (κ1) is 18.8. The first-order valence-corrected chi connectivity index (χ1v) is 9.21. The fourth-order valence-corrected chi connectivity index (χ4v) is 3.53. The molecule has 1 atom stereocenters. The standard InChI is InChI=1S/C18H34N6/c1-6-23-10-7-8-16(23)14-22(5)18(19-4)21-12-17-20-9-11-24(17)13-15(2)3/h9,11,15-16H,6-8,10,12-14H2,1-5H3,(H,19,21). The summed E-state index contributed by atoms with van der Waals surface area (Å²) in [6, 6.07) is 0.640. The van der Waals surface area contributed by atoms with Crippen LogP contribution in [-0.2, 0) is 13.1 Å². The molecule has 6 heteroatoms. The minimum atomic E-state index is 0.613. The second-order valence-electron chi connectivity index (χ2n) is 7.10. The van der Waals surface area contributed by atoms with E-state index in [-0.39, 0.29) is 0 Å². The third-order valence-electron chi connectivity index (χ3n) is 4.73. The zero-order chi connectivity index (χ0) is 17.5. The highest BCUT2D eigenvalue weighted by atomic mass is 15.3. The summed E-state index contributed by atoms with van der Waals surface area (Å²) in [5.41, 5.74) is 0. The lowest BCUT2D eigenvalue weighted by Crippen LogP contribution is -2.45. The van der Waals surface area contributed by atoms with E-state index in [4.69, 9.17) is 0 Å². The molecule has 0 aromatic carbocycles. The van der Waals surface area contributed by atoms with Gasteiger partial charge >= 0.3 is 0 Å². The number of likely N-dealkylation sites (tertiary alicyclic amines) is 1. The number of likely N-dealkylation sites (N-methyl/N-ethyl adjacent to an activating group) is 2. The first-order valence-electron chi connectivity index (χ1n) is 9.21. The van der Waals surface area contributed by atoms with Crippen molar-refractivity contribution in [2.75, 3.05) is 33.7 Å². The number of aromatic nitrogens is 2. The Morgan fingerprint density at radius 1 is 1.50 bits per heavy atom. The summed E-state index contributed by atoms with van der Waals surface area (Å²) >= 11 is 0. The van der Waals surface area contributed by atoms with Gasteiger partial charge in [0.25, 0.3) is 0 Å². The van der Waals surface area contributed by atoms with Gasteiger partial charge in [0.05, 0.1) is 6.54 Å². The molecular weight excluding hydrogens is 300 g/mol. The molecule has 136 valence electrons. The highest BCUT2D eigenvalue weighted by molar-refractivity contribution is 5.79. The average molecular weight is 335 g/mol. The maximum Gasteiger partial charge on any atom is 0.193 e. The van der Waals surface area contributed by atoms with Crippen LogP contribution in [0.25, 0.3) is 0 Å². The Labute approximate surface area is 147 Å². The zero-order valence-corrected chi connectivity index (χ0v) is 16.0. The van der Waals surface area contributed by atoms with Crippen LogP contribution in [0.15, 0.2) is 17.4 Å². The first-order chi connectivity index (χ1) is 11.5. The Morgan fingerprint density at radius 3 is 2.96 bits per heavy atom. The monoisotopic (exact) mass is 334 g/mol. The third kappa shape index (κ3) is 4.97. The second-order valence-corrected chi connectivity index (χ2v) is 7.10. The number of hydrogen-bond donors (Lipinski definition) is 1. The van der Waals surface area contributed by atoms with Gasteiger partial charge in [-0.2, -0.15) is 0 Å². The summed E-state index contributed by atoms with van der Waals surface area (Å²) in [5, 5.41) is 3.47. The number of rotatable bonds is 7. The van der Waals surface area contributed by atoms with Crippen LogP contribution < -0.4 is 5.32 Å². The molecule has 0 radical (unpaired) electrons. The van der Waals surface area contributed by atoms with E-state index in [0.717, 1.165) is 31.4 Å². The molecule has 0 spiro atoms. The average Bonchev–Trinajstić information content (AvgIpc) is 3.16. The number of hydrogen-bond acceptors (Lipinski definition) is 3. The molecule has 1 N–H and O–H groups in total. The van der Waals surface area contributed by atoms with Gasteiger partial charge in [0.1, 0.15) is 5.82 Å². The maximum absolute atomic E-state index is 4.48. The molecule has 1 unspecified atom stereocenters. The maximum atomic E-state index is 4.48. The van der Waals surface area contributed by atoms with E-state index in [9.17, 15) is 0 Å². The molecule has 1 saturated heterocycles. The lowest BCUT2D eigenvalue weighted by Gasteiger charge is -2.29. The Kier molecular flexibility index (Phi) is 7.09. The van der Waals surface area contributed by atoms with Crippen molar-refractivity contribution in [1.82, 2.24) is 24.7 Å². The summed E-state index contributed by atoms with van der Waals surface area (Å²) < 4.78 is 2.22. The molecule has 24 heavy (non-hydrogen) atoms. The highest BCUT2D eigenvalue weighted by Gasteiger charge is 2.25. The van der Waals surface area contributed by atoms with Crippen molar-refractivity contribution in [2.45, 2.75) is 52.7 Å². The molecule has 1 aromatic rings. The summed E-state index contributed by atoms with van der Waals surface area (Å²) in [6.45, 7) is 11.8. The highest BCUT2D eigenvalue weighted by Crippen LogP contribution is 2.17. The van der Waals surface area contributed by atoms with E-state index in [1.807, 2.05) is 13.2 Å². The van der Waals surface area contributed by atoms with Gasteiger partial charge in [-0.25, -0.2) is 4.98 Å². The van der Waals surface area contributed by atoms with E-state index in [0.29, 0.717) is 18.5 Å². The van der Waals surface area contributed by atoms with Crippen molar-refractivity contribution >= 4 is 5.96 Å². The molecule has 0 aliphatic carbocycles. The Morgan fingerprint density at radius 2 is 2.29 bits per heavy atom. The minimum absolute atomic E-state index is 0.613. The van der Waals surface area contributed by atoms with E-state index in [2.05, 4.69) is 63.7 Å². The summed E-state index contributed by atoms with van der Waals surface area (Å²) in [5.74, 6) is 2.62. The van der Waals surface area contributed by atoms with Crippen LogP contribution in [0, 0.1) is 5.92 Å². The normalized spacial score (nSPS) is 19.2. The van der Waals surface area contributed by atoms with Crippen LogP contribution >= 0.6 is 0 Å². The summed E-state index contributed by atoms with van der Waals surface area (Å²) in [7, 11) is 3.98. The van der Waals surface area contributed by atoms with Gasteiger partial charge in [-0.1, -0.05) is 20.8 Å². The molecule has 2 heterocycles. The fourth-order valence-electron chi connectivity index (χ4n) is 3.53. The summed E-state index contributed by atoms with van der Waals surface area (Å²) in [4.78, 5) is 13.7. The van der Waals surface area contributed by atoms with Crippen LogP contribution in [0.5, 0.6) is 0 Å². The van der Waals surface area contributed by atoms with Gasteiger partial charge in [0.15, 0.2) is 5.96 Å². The lowest BCUT2D eigenvalue weighted by atomic mass is 10.2. The van der Waals surface area contributed by atoms with Gasteiger partial charge in [0, 0.05) is 45.6 Å². The molecule has 2 rings (SSSR count). The van der Waals surface area contributed by atoms with E-state index in [1.165, 1.54) is 19.4 Å². The number of nitrogens with one attached hydrogen (secondary N) is 1. The molecule has 6 nitrogen and oxygen atoms in total. The Hall–Kier alpha value is -1.56. The quantitative estimate of drug-likeness (QED) is 0.612. The molecule has 1 aliphatic heterocycles. The van der Waals surface area contributed by atoms with Crippen LogP contribution in [0.4, 0.5) is 0 Å². The van der Waals surface area contributed by atoms with Gasteiger partial charge < -0.3 is 14.8 Å². The van der Waals surface area contributed by atoms with Crippen molar-refractivity contribution in [3.8, 4) is 0 Å². The molecule has 0 amide bonds. The molecule has 1 aromatic heterocycles. The van der Waals surface area contributed by atoms with Gasteiger partial charge in [-0.3, -0.25) is 9.89 Å². The number of nitrogens with zero attached hydrogens (tertiary/aromatic N) is 5. The van der Waals surface area contributed by atoms with Crippen LogP contribution in [0.2, 0.25) is 0 Å². The Bertz CT molecular complexity index is 521. The lowest BCUT2D eigenvalue weighted by molar-refractivity contribution is 0.232. The van der Waals surface area contributed by atoms with Crippen LogP contribution in [0.3, 0.4) is 0 Å². The number of aliphatic imine (C=N–C) groups is 1. The van der Waals surface area contributed by atoms with Crippen molar-refractivity contribution in [3.05, 3.63) is 18.2 Å². The Balaban J connectivity index is 1.89. The predicted molar refractivity (Wildman–Crippen MR) is 100 cm³/mol. The fraction of sp³-hybridized carbons (Fsp3) is 0.778. The van der Waals surface area contributed by atoms with Gasteiger partial charge in [-0.15, -0.1) is 0 Å². The largest absolute Gasteiger partial charge is 0.349 e. The SMILES string of the molecule is CCN1CCCC1CN(C)C(=NC)NCc1nccn1CC(C)C. The second kappa shape index (κ2) is 9.06. The van der Waals surface area contributed by atoms with Crippen molar-refractivity contribution in [2.24, 2.45) is 10.9 Å². The zero-order valence-electron chi connectivity index (χ0n) is 16.0. The van der Waals surface area contributed by atoms with Gasteiger partial charge in [0.2, 0.25) is 0 Å². The van der Waals surface area contributed by atoms with Crippen LogP contribution in [0.1, 0.15) is 39.4 Å². The molecule has 0 bridgehead atoms. The smallest absolute Gasteiger partial charge is 0.193 e. The van der Waals surface area contributed by atoms with E-state index < -0.39 is 0 Å². The predicted octanol–water partition coefficient (Wildman–Crippen LogP) is 2.03. The minimum Gasteiger partial charge on any atom is -0.349 e. The third-order valence-corrected chi connectivity index (χ3v) is 4.73.